The summed E-state index contributed by atoms with van der Waals surface area (Å²) in [5.74, 6) is 0. The van der Waals surface area contributed by atoms with E-state index in [1.165, 1.54) is 0 Å². The Hall–Kier alpha value is -0.756. The van der Waals surface area contributed by atoms with Crippen molar-refractivity contribution in [2.24, 2.45) is 4.99 Å². The predicted molar refractivity (Wildman–Crippen MR) is 86.3 cm³/mol. The summed E-state index contributed by atoms with van der Waals surface area (Å²) in [7, 11) is -3.29. The monoisotopic (exact) mass is 303 g/mol. The van der Waals surface area contributed by atoms with Crippen LogP contribution in [0.25, 0.3) is 0 Å². The normalized spacial score (nSPS) is 14.7. The van der Waals surface area contributed by atoms with Gasteiger partial charge in [-0.15, -0.1) is 0 Å². The molecule has 0 aliphatic carbocycles. The first-order valence-corrected chi connectivity index (χ1v) is 13.4. The number of rotatable bonds is 4. The third-order valence-electron chi connectivity index (χ3n) is 1.45. The van der Waals surface area contributed by atoms with Gasteiger partial charge in [0.2, 0.25) is 16.6 Å². The maximum atomic E-state index is 5.82. The molecular weight excluding hydrogens is 274 g/mol. The second-order valence-electron chi connectivity index (χ2n) is 7.34. The maximum absolute atomic E-state index is 5.82. The van der Waals surface area contributed by atoms with Crippen molar-refractivity contribution in [3.63, 3.8) is 0 Å². The van der Waals surface area contributed by atoms with E-state index in [1.54, 1.807) is 12.5 Å². The van der Waals surface area contributed by atoms with Gasteiger partial charge in [-0.3, -0.25) is 0 Å². The molecule has 0 bridgehead atoms. The Bertz CT molecular complexity index is 315. The molecule has 0 aromatic heterocycles. The highest BCUT2D eigenvalue weighted by molar-refractivity contribution is 6.71. The van der Waals surface area contributed by atoms with Gasteiger partial charge in [-0.2, -0.15) is 4.99 Å². The maximum Gasteiger partial charge on any atom is 0.374 e. The first-order valence-electron chi connectivity index (χ1n) is 6.57. The average molecular weight is 304 g/mol. The molecule has 0 aromatic carbocycles. The van der Waals surface area contributed by atoms with Gasteiger partial charge in [0.15, 0.2) is 0 Å². The van der Waals surface area contributed by atoms with Crippen LogP contribution in [-0.4, -0.2) is 28.3 Å². The molecule has 0 rings (SSSR count). The Kier molecular flexibility index (Phi) is 6.34. The highest BCUT2D eigenvalue weighted by atomic mass is 28.4. The molecule has 0 unspecified atom stereocenters. The minimum atomic E-state index is -1.74. The molecule has 0 radical (unpaired) electrons. The lowest BCUT2D eigenvalue weighted by Crippen LogP contribution is -2.34. The van der Waals surface area contributed by atoms with Crippen molar-refractivity contribution < 1.29 is 13.6 Å². The smallest absolute Gasteiger partial charge is 0.374 e. The molecule has 0 N–H and O–H groups in total. The van der Waals surface area contributed by atoms with Crippen LogP contribution in [0.1, 0.15) is 20.8 Å². The van der Waals surface area contributed by atoms with Gasteiger partial charge in [0.25, 0.3) is 0 Å². The highest BCUT2D eigenvalue weighted by Gasteiger charge is 2.23. The molecule has 4 nitrogen and oxygen atoms in total. The van der Waals surface area contributed by atoms with Crippen LogP contribution in [0.3, 0.4) is 0 Å². The third-order valence-corrected chi connectivity index (χ3v) is 3.08. The standard InChI is InChI=1S/C13H29NO3Si2/c1-13(2,3)16-12(17-19(7,8)9)14-10-11-15-18(4,5)6/h10-11H,1-9H3/b11-10-,14-12?. The second-order valence-corrected chi connectivity index (χ2v) is 16.2. The minimum absolute atomic E-state index is 0.321. The molecule has 0 fully saturated rings. The quantitative estimate of drug-likeness (QED) is 0.336. The molecule has 0 saturated heterocycles. The summed E-state index contributed by atoms with van der Waals surface area (Å²) in [4.78, 5) is 4.22. The molecule has 0 aliphatic heterocycles. The molecule has 6 heteroatoms. The lowest BCUT2D eigenvalue weighted by Gasteiger charge is -2.26. The van der Waals surface area contributed by atoms with E-state index in [9.17, 15) is 0 Å². The number of hydrogen-bond donors (Lipinski definition) is 0. The highest BCUT2D eigenvalue weighted by Crippen LogP contribution is 2.13. The molecule has 0 saturated carbocycles. The fourth-order valence-electron chi connectivity index (χ4n) is 0.923. The van der Waals surface area contributed by atoms with Crippen LogP contribution in [0.15, 0.2) is 17.5 Å². The molecule has 0 aromatic rings. The van der Waals surface area contributed by atoms with Gasteiger partial charge in [0.05, 0.1) is 12.5 Å². The van der Waals surface area contributed by atoms with Gasteiger partial charge in [-0.1, -0.05) is 0 Å². The van der Waals surface area contributed by atoms with E-state index in [4.69, 9.17) is 13.6 Å². The van der Waals surface area contributed by atoms with E-state index < -0.39 is 16.6 Å². The van der Waals surface area contributed by atoms with E-state index in [1.807, 2.05) is 20.8 Å². The Morgan fingerprint density at radius 2 is 1.47 bits per heavy atom. The summed E-state index contributed by atoms with van der Waals surface area (Å²) in [6, 6.07) is 0. The molecule has 19 heavy (non-hydrogen) atoms. The minimum Gasteiger partial charge on any atom is -0.548 e. The molecule has 112 valence electrons. The zero-order valence-electron chi connectivity index (χ0n) is 13.8. The average Bonchev–Trinajstić information content (AvgIpc) is 2.05. The van der Waals surface area contributed by atoms with Crippen molar-refractivity contribution in [3.8, 4) is 0 Å². The Balaban J connectivity index is 4.74. The second kappa shape index (κ2) is 6.61. The van der Waals surface area contributed by atoms with Gasteiger partial charge in [0.1, 0.15) is 5.60 Å². The van der Waals surface area contributed by atoms with Gasteiger partial charge in [-0.25, -0.2) is 0 Å². The third kappa shape index (κ3) is 13.5. The molecule has 0 amide bonds. The van der Waals surface area contributed by atoms with Crippen molar-refractivity contribution >= 4 is 22.7 Å². The summed E-state index contributed by atoms with van der Waals surface area (Å²) >= 11 is 0. The summed E-state index contributed by atoms with van der Waals surface area (Å²) in [5, 5.41) is 0. The van der Waals surface area contributed by atoms with Crippen LogP contribution in [0, 0.1) is 0 Å². The summed E-state index contributed by atoms with van der Waals surface area (Å²) in [6.07, 6.45) is 3.53. The van der Waals surface area contributed by atoms with Crippen LogP contribution in [0.4, 0.5) is 0 Å². The first-order chi connectivity index (χ1) is 8.29. The fourth-order valence-corrected chi connectivity index (χ4v) is 2.01. The molecule has 0 spiro atoms. The summed E-state index contributed by atoms with van der Waals surface area (Å²) in [5.41, 5.74) is -0.327. The number of hydrogen-bond acceptors (Lipinski definition) is 4. The van der Waals surface area contributed by atoms with E-state index in [0.717, 1.165) is 0 Å². The SMILES string of the molecule is CC(C)(C)OC(=N/C=C\O[Si](C)(C)C)O[Si](C)(C)C. The predicted octanol–water partition coefficient (Wildman–Crippen LogP) is 4.33. The Morgan fingerprint density at radius 1 is 0.947 bits per heavy atom. The van der Waals surface area contributed by atoms with Gasteiger partial charge >= 0.3 is 6.08 Å². The van der Waals surface area contributed by atoms with Crippen molar-refractivity contribution in [1.29, 1.82) is 0 Å². The Labute approximate surface area is 120 Å². The van der Waals surface area contributed by atoms with Crippen molar-refractivity contribution in [2.75, 3.05) is 0 Å². The molecule has 0 aliphatic rings. The summed E-state index contributed by atoms with van der Waals surface area (Å²) < 4.78 is 17.1. The molecule has 0 atom stereocenters. The van der Waals surface area contributed by atoms with Crippen LogP contribution in [-0.2, 0) is 13.6 Å². The lowest BCUT2D eigenvalue weighted by molar-refractivity contribution is 0.0835. The number of nitrogens with zero attached hydrogens (tertiary/aromatic N) is 1. The van der Waals surface area contributed by atoms with Crippen molar-refractivity contribution in [1.82, 2.24) is 0 Å². The van der Waals surface area contributed by atoms with Gasteiger partial charge < -0.3 is 13.6 Å². The van der Waals surface area contributed by atoms with Gasteiger partial charge in [0, 0.05) is 0 Å². The van der Waals surface area contributed by atoms with E-state index in [2.05, 4.69) is 44.3 Å². The van der Waals surface area contributed by atoms with E-state index in [-0.39, 0.29) is 5.60 Å². The largest absolute Gasteiger partial charge is 0.548 e. The number of ether oxygens (including phenoxy) is 1. The van der Waals surface area contributed by atoms with Crippen LogP contribution in [0.5, 0.6) is 0 Å². The number of aliphatic imine (C=N–C) groups is 1. The van der Waals surface area contributed by atoms with Crippen LogP contribution < -0.4 is 0 Å². The van der Waals surface area contributed by atoms with E-state index >= 15 is 0 Å². The topological polar surface area (TPSA) is 40.0 Å². The van der Waals surface area contributed by atoms with Crippen molar-refractivity contribution in [3.05, 3.63) is 12.5 Å². The molecular formula is C13H29NO3Si2. The van der Waals surface area contributed by atoms with Crippen LogP contribution >= 0.6 is 0 Å². The summed E-state index contributed by atoms with van der Waals surface area (Å²) in [6.45, 7) is 18.5. The molecule has 0 heterocycles. The fraction of sp³-hybridized carbons (Fsp3) is 0.769. The lowest BCUT2D eigenvalue weighted by atomic mass is 10.2. The van der Waals surface area contributed by atoms with Crippen molar-refractivity contribution in [2.45, 2.75) is 65.7 Å². The van der Waals surface area contributed by atoms with Crippen LogP contribution in [0.2, 0.25) is 39.3 Å². The zero-order valence-corrected chi connectivity index (χ0v) is 15.8. The zero-order chi connectivity index (χ0) is 15.3. The van der Waals surface area contributed by atoms with Gasteiger partial charge in [-0.05, 0) is 60.1 Å². The Morgan fingerprint density at radius 3 is 1.84 bits per heavy atom. The van der Waals surface area contributed by atoms with E-state index in [0.29, 0.717) is 6.08 Å². The first kappa shape index (κ1) is 18.2.